The van der Waals surface area contributed by atoms with Gasteiger partial charge >= 0.3 is 0 Å². The summed E-state index contributed by atoms with van der Waals surface area (Å²) in [5, 5.41) is 3.63. The fraction of sp³-hybridized carbons (Fsp3) is 0.286. The monoisotopic (exact) mass is 326 g/mol. The molecule has 1 saturated carbocycles. The van der Waals surface area contributed by atoms with Crippen molar-refractivity contribution in [2.24, 2.45) is 0 Å². The summed E-state index contributed by atoms with van der Waals surface area (Å²) in [4.78, 5) is 0. The largest absolute Gasteiger partial charge is 0.446 e. The summed E-state index contributed by atoms with van der Waals surface area (Å²) in [6.07, 6.45) is 2.34. The Hall–Kier alpha value is -1.50. The van der Waals surface area contributed by atoms with Gasteiger partial charge in [-0.3, -0.25) is 4.72 Å². The minimum atomic E-state index is -3.74. The Balaban J connectivity index is 1.71. The summed E-state index contributed by atoms with van der Waals surface area (Å²) in [7, 11) is -3.74. The van der Waals surface area contributed by atoms with E-state index >= 15 is 0 Å². The van der Waals surface area contributed by atoms with Crippen LogP contribution in [-0.4, -0.2) is 14.5 Å². The van der Waals surface area contributed by atoms with E-state index < -0.39 is 10.0 Å². The molecule has 7 heteroatoms. The van der Waals surface area contributed by atoms with Gasteiger partial charge in [-0.15, -0.1) is 0 Å². The van der Waals surface area contributed by atoms with Gasteiger partial charge in [0.1, 0.15) is 5.76 Å². The molecule has 112 valence electrons. The highest BCUT2D eigenvalue weighted by Crippen LogP contribution is 2.22. The number of benzene rings is 1. The third-order valence-electron chi connectivity index (χ3n) is 3.12. The molecule has 0 spiro atoms. The summed E-state index contributed by atoms with van der Waals surface area (Å²) in [6, 6.07) is 10.2. The van der Waals surface area contributed by atoms with Gasteiger partial charge in [-0.25, -0.2) is 0 Å². The molecule has 1 fully saturated rings. The maximum Gasteiger partial charge on any atom is 0.295 e. The van der Waals surface area contributed by atoms with Gasteiger partial charge in [-0.1, -0.05) is 17.7 Å². The number of rotatable bonds is 6. The van der Waals surface area contributed by atoms with Gasteiger partial charge in [0.2, 0.25) is 5.09 Å². The van der Waals surface area contributed by atoms with Crippen LogP contribution >= 0.6 is 11.6 Å². The SMILES string of the molecule is O=S(=O)(Nc1cccc(Cl)c1)c1ccc(CNC2CC2)o1. The maximum atomic E-state index is 12.2. The molecule has 3 rings (SSSR count). The molecular weight excluding hydrogens is 312 g/mol. The fourth-order valence-corrected chi connectivity index (χ4v) is 3.08. The summed E-state index contributed by atoms with van der Waals surface area (Å²) in [6.45, 7) is 0.539. The quantitative estimate of drug-likeness (QED) is 0.856. The van der Waals surface area contributed by atoms with Crippen molar-refractivity contribution in [3.05, 3.63) is 47.2 Å². The van der Waals surface area contributed by atoms with Gasteiger partial charge in [0.15, 0.2) is 0 Å². The highest BCUT2D eigenvalue weighted by atomic mass is 35.5. The average Bonchev–Trinajstić information content (AvgIpc) is 3.12. The predicted molar refractivity (Wildman–Crippen MR) is 80.8 cm³/mol. The van der Waals surface area contributed by atoms with E-state index in [-0.39, 0.29) is 5.09 Å². The minimum Gasteiger partial charge on any atom is -0.446 e. The molecule has 2 N–H and O–H groups in total. The van der Waals surface area contributed by atoms with Gasteiger partial charge < -0.3 is 9.73 Å². The Labute approximate surface area is 128 Å². The zero-order valence-electron chi connectivity index (χ0n) is 11.2. The summed E-state index contributed by atoms with van der Waals surface area (Å²) in [5.74, 6) is 0.605. The average molecular weight is 327 g/mol. The van der Waals surface area contributed by atoms with Crippen LogP contribution in [0.4, 0.5) is 5.69 Å². The van der Waals surface area contributed by atoms with E-state index in [1.165, 1.54) is 25.0 Å². The Kier molecular flexibility index (Phi) is 3.93. The molecule has 0 aliphatic heterocycles. The van der Waals surface area contributed by atoms with Crippen molar-refractivity contribution in [3.63, 3.8) is 0 Å². The molecule has 1 aromatic carbocycles. The van der Waals surface area contributed by atoms with Gasteiger partial charge in [0.25, 0.3) is 10.0 Å². The number of furan rings is 1. The second-order valence-electron chi connectivity index (χ2n) is 4.99. The molecule has 0 atom stereocenters. The Morgan fingerprint density at radius 2 is 2.05 bits per heavy atom. The molecule has 21 heavy (non-hydrogen) atoms. The van der Waals surface area contributed by atoms with E-state index in [0.717, 1.165) is 0 Å². The summed E-state index contributed by atoms with van der Waals surface area (Å²) >= 11 is 5.83. The molecule has 1 aromatic heterocycles. The van der Waals surface area contributed by atoms with Crippen LogP contribution in [-0.2, 0) is 16.6 Å². The minimum absolute atomic E-state index is 0.102. The molecule has 0 saturated heterocycles. The number of halogens is 1. The highest BCUT2D eigenvalue weighted by Gasteiger charge is 2.22. The third kappa shape index (κ3) is 3.78. The first kappa shape index (κ1) is 14.4. The van der Waals surface area contributed by atoms with Crippen LogP contribution in [0, 0.1) is 0 Å². The second-order valence-corrected chi connectivity index (χ2v) is 7.04. The number of hydrogen-bond donors (Lipinski definition) is 2. The smallest absolute Gasteiger partial charge is 0.295 e. The number of sulfonamides is 1. The van der Waals surface area contributed by atoms with E-state index in [2.05, 4.69) is 10.0 Å². The van der Waals surface area contributed by atoms with E-state index in [1.807, 2.05) is 0 Å². The lowest BCUT2D eigenvalue weighted by atomic mass is 10.3. The van der Waals surface area contributed by atoms with Crippen LogP contribution in [0.1, 0.15) is 18.6 Å². The lowest BCUT2D eigenvalue weighted by Crippen LogP contribution is -2.15. The summed E-state index contributed by atoms with van der Waals surface area (Å²) in [5.41, 5.74) is 0.400. The molecule has 0 amide bonds. The van der Waals surface area contributed by atoms with Gasteiger partial charge in [-0.05, 0) is 43.2 Å². The first-order valence-electron chi connectivity index (χ1n) is 6.63. The normalized spacial score (nSPS) is 15.1. The second kappa shape index (κ2) is 5.71. The molecule has 1 aliphatic carbocycles. The lowest BCUT2D eigenvalue weighted by molar-refractivity contribution is 0.403. The first-order chi connectivity index (χ1) is 10.0. The van der Waals surface area contributed by atoms with Crippen LogP contribution in [0.3, 0.4) is 0 Å². The van der Waals surface area contributed by atoms with Crippen LogP contribution < -0.4 is 10.0 Å². The maximum absolute atomic E-state index is 12.2. The van der Waals surface area contributed by atoms with Crippen molar-refractivity contribution in [2.75, 3.05) is 4.72 Å². The molecule has 1 heterocycles. The molecule has 0 radical (unpaired) electrons. The Morgan fingerprint density at radius 3 is 2.76 bits per heavy atom. The first-order valence-corrected chi connectivity index (χ1v) is 8.49. The summed E-state index contributed by atoms with van der Waals surface area (Å²) < 4.78 is 32.2. The highest BCUT2D eigenvalue weighted by molar-refractivity contribution is 7.92. The molecular formula is C14H15ClN2O3S. The standard InChI is InChI=1S/C14H15ClN2O3S/c15-10-2-1-3-12(8-10)17-21(18,19)14-7-6-13(20-14)9-16-11-4-5-11/h1-3,6-8,11,16-17H,4-5,9H2. The number of anilines is 1. The van der Waals surface area contributed by atoms with Crippen molar-refractivity contribution >= 4 is 27.3 Å². The predicted octanol–water partition coefficient (Wildman–Crippen LogP) is 2.99. The van der Waals surface area contributed by atoms with Crippen LogP contribution in [0.25, 0.3) is 0 Å². The van der Waals surface area contributed by atoms with E-state index in [4.69, 9.17) is 16.0 Å². The fourth-order valence-electron chi connectivity index (χ4n) is 1.89. The van der Waals surface area contributed by atoms with Crippen molar-refractivity contribution in [1.82, 2.24) is 5.32 Å². The van der Waals surface area contributed by atoms with Crippen LogP contribution in [0.15, 0.2) is 45.9 Å². The van der Waals surface area contributed by atoms with E-state index in [1.54, 1.807) is 24.3 Å². The molecule has 0 bridgehead atoms. The van der Waals surface area contributed by atoms with Gasteiger partial charge in [0.05, 0.1) is 12.2 Å². The molecule has 2 aromatic rings. The number of hydrogen-bond acceptors (Lipinski definition) is 4. The van der Waals surface area contributed by atoms with Crippen LogP contribution in [0.5, 0.6) is 0 Å². The van der Waals surface area contributed by atoms with Gasteiger partial charge in [-0.2, -0.15) is 8.42 Å². The molecule has 1 aliphatic rings. The topological polar surface area (TPSA) is 71.3 Å². The van der Waals surface area contributed by atoms with E-state index in [9.17, 15) is 8.42 Å². The van der Waals surface area contributed by atoms with Crippen molar-refractivity contribution in [2.45, 2.75) is 30.5 Å². The number of nitrogens with one attached hydrogen (secondary N) is 2. The zero-order valence-corrected chi connectivity index (χ0v) is 12.7. The zero-order chi connectivity index (χ0) is 14.9. The Morgan fingerprint density at radius 1 is 1.24 bits per heavy atom. The Bertz CT molecular complexity index is 738. The van der Waals surface area contributed by atoms with Gasteiger partial charge in [0, 0.05) is 11.1 Å². The van der Waals surface area contributed by atoms with Crippen molar-refractivity contribution in [1.29, 1.82) is 0 Å². The molecule has 0 unspecified atom stereocenters. The lowest BCUT2D eigenvalue weighted by Gasteiger charge is -2.06. The molecule has 5 nitrogen and oxygen atoms in total. The van der Waals surface area contributed by atoms with Crippen molar-refractivity contribution in [3.8, 4) is 0 Å². The van der Waals surface area contributed by atoms with Crippen LogP contribution in [0.2, 0.25) is 5.02 Å². The van der Waals surface area contributed by atoms with Crippen molar-refractivity contribution < 1.29 is 12.8 Å². The van der Waals surface area contributed by atoms with E-state index in [0.29, 0.717) is 29.1 Å². The third-order valence-corrected chi connectivity index (χ3v) is 4.61.